The van der Waals surface area contributed by atoms with E-state index < -0.39 is 0 Å². The SMILES string of the molecule is Cc1ccc(OCC2C[C@H](O)CN2)cc1C(=O)NC1(c2cccc3ccccc23)CC1. The maximum Gasteiger partial charge on any atom is 0.252 e. The molecule has 1 aliphatic heterocycles. The molecule has 3 N–H and O–H groups in total. The van der Waals surface area contributed by atoms with Crippen molar-refractivity contribution in [2.75, 3.05) is 13.2 Å². The molecule has 31 heavy (non-hydrogen) atoms. The number of benzene rings is 3. The van der Waals surface area contributed by atoms with Crippen LogP contribution in [0.2, 0.25) is 0 Å². The molecule has 1 saturated heterocycles. The van der Waals surface area contributed by atoms with Crippen molar-refractivity contribution in [3.05, 3.63) is 77.4 Å². The van der Waals surface area contributed by atoms with Gasteiger partial charge in [-0.15, -0.1) is 0 Å². The Labute approximate surface area is 182 Å². The van der Waals surface area contributed by atoms with Crippen LogP contribution in [-0.4, -0.2) is 36.3 Å². The van der Waals surface area contributed by atoms with Crippen molar-refractivity contribution in [3.63, 3.8) is 0 Å². The number of nitrogens with one attached hydrogen (secondary N) is 2. The molecule has 3 aromatic rings. The number of ether oxygens (including phenoxy) is 1. The molecule has 3 aromatic carbocycles. The number of fused-ring (bicyclic) bond motifs is 1. The minimum atomic E-state index is -0.309. The Morgan fingerprint density at radius 3 is 2.74 bits per heavy atom. The van der Waals surface area contributed by atoms with Gasteiger partial charge in [-0.05, 0) is 60.2 Å². The first kappa shape index (κ1) is 20.0. The van der Waals surface area contributed by atoms with Gasteiger partial charge in [0.15, 0.2) is 0 Å². The van der Waals surface area contributed by atoms with Crippen molar-refractivity contribution in [1.82, 2.24) is 10.6 Å². The highest BCUT2D eigenvalue weighted by Gasteiger charge is 2.46. The smallest absolute Gasteiger partial charge is 0.252 e. The standard InChI is InChI=1S/C26H28N2O3/c1-17-9-10-21(31-16-19-13-20(29)15-27-19)14-23(17)25(30)28-26(11-12-26)24-8-4-6-18-5-2-3-7-22(18)24/h2-10,14,19-20,27,29H,11-13,15-16H2,1H3,(H,28,30)/t19?,20-/m0/s1. The zero-order valence-corrected chi connectivity index (χ0v) is 17.7. The number of aryl methyl sites for hydroxylation is 1. The number of β-amino-alcohol motifs (C(OH)–C–C–N with tert-alkyl or cyclic N) is 1. The lowest BCUT2D eigenvalue weighted by Crippen LogP contribution is -2.35. The van der Waals surface area contributed by atoms with Crippen LogP contribution in [-0.2, 0) is 5.54 Å². The Morgan fingerprint density at radius 1 is 1.16 bits per heavy atom. The second-order valence-electron chi connectivity index (χ2n) is 8.85. The molecule has 5 rings (SSSR count). The summed E-state index contributed by atoms with van der Waals surface area (Å²) < 4.78 is 5.92. The number of carbonyl (C=O) groups excluding carboxylic acids is 1. The quantitative estimate of drug-likeness (QED) is 0.573. The summed E-state index contributed by atoms with van der Waals surface area (Å²) in [6.07, 6.45) is 2.26. The maximum atomic E-state index is 13.3. The van der Waals surface area contributed by atoms with Crippen LogP contribution in [0, 0.1) is 6.92 Å². The molecule has 5 heteroatoms. The van der Waals surface area contributed by atoms with Gasteiger partial charge >= 0.3 is 0 Å². The number of amides is 1. The summed E-state index contributed by atoms with van der Waals surface area (Å²) in [4.78, 5) is 13.3. The van der Waals surface area contributed by atoms with Gasteiger partial charge in [0.1, 0.15) is 12.4 Å². The predicted molar refractivity (Wildman–Crippen MR) is 121 cm³/mol. The van der Waals surface area contributed by atoms with E-state index >= 15 is 0 Å². The van der Waals surface area contributed by atoms with E-state index in [0.717, 1.165) is 18.4 Å². The van der Waals surface area contributed by atoms with Crippen LogP contribution in [0.15, 0.2) is 60.7 Å². The highest BCUT2D eigenvalue weighted by molar-refractivity contribution is 5.97. The Bertz CT molecular complexity index is 1120. The zero-order chi connectivity index (χ0) is 21.4. The molecule has 0 aromatic heterocycles. The highest BCUT2D eigenvalue weighted by atomic mass is 16.5. The Balaban J connectivity index is 1.34. The molecule has 0 radical (unpaired) electrons. The second kappa shape index (κ2) is 7.98. The summed E-state index contributed by atoms with van der Waals surface area (Å²) in [6.45, 7) is 3.03. The molecule has 5 nitrogen and oxygen atoms in total. The lowest BCUT2D eigenvalue weighted by Gasteiger charge is -2.21. The lowest BCUT2D eigenvalue weighted by atomic mass is 9.96. The molecule has 2 atom stereocenters. The average molecular weight is 417 g/mol. The van der Waals surface area contributed by atoms with Gasteiger partial charge in [-0.3, -0.25) is 4.79 Å². The van der Waals surface area contributed by atoms with Gasteiger partial charge in [0, 0.05) is 18.2 Å². The third-order valence-electron chi connectivity index (χ3n) is 6.51. The number of hydrogen-bond donors (Lipinski definition) is 3. The molecule has 1 aliphatic carbocycles. The van der Waals surface area contributed by atoms with Gasteiger partial charge in [0.25, 0.3) is 5.91 Å². The maximum absolute atomic E-state index is 13.3. The van der Waals surface area contributed by atoms with Crippen LogP contribution >= 0.6 is 0 Å². The van der Waals surface area contributed by atoms with E-state index in [9.17, 15) is 9.90 Å². The van der Waals surface area contributed by atoms with Crippen molar-refractivity contribution < 1.29 is 14.6 Å². The van der Waals surface area contributed by atoms with Crippen LogP contribution in [0.1, 0.15) is 40.7 Å². The number of carbonyl (C=O) groups is 1. The number of aliphatic hydroxyl groups is 1. The van der Waals surface area contributed by atoms with Crippen molar-refractivity contribution in [2.24, 2.45) is 0 Å². The second-order valence-corrected chi connectivity index (χ2v) is 8.85. The van der Waals surface area contributed by atoms with Gasteiger partial charge < -0.3 is 20.5 Å². The fraction of sp³-hybridized carbons (Fsp3) is 0.346. The number of rotatable bonds is 6. The monoisotopic (exact) mass is 416 g/mol. The molecule has 0 bridgehead atoms. The van der Waals surface area contributed by atoms with Crippen molar-refractivity contribution >= 4 is 16.7 Å². The Kier molecular flexibility index (Phi) is 5.16. The zero-order valence-electron chi connectivity index (χ0n) is 17.7. The van der Waals surface area contributed by atoms with Crippen LogP contribution < -0.4 is 15.4 Å². The van der Waals surface area contributed by atoms with E-state index in [2.05, 4.69) is 41.0 Å². The van der Waals surface area contributed by atoms with E-state index in [1.807, 2.05) is 37.3 Å². The summed E-state index contributed by atoms with van der Waals surface area (Å²) >= 11 is 0. The molecular formula is C26H28N2O3. The topological polar surface area (TPSA) is 70.6 Å². The number of aliphatic hydroxyl groups excluding tert-OH is 1. The fourth-order valence-corrected chi connectivity index (χ4v) is 4.57. The highest BCUT2D eigenvalue weighted by Crippen LogP contribution is 2.48. The molecular weight excluding hydrogens is 388 g/mol. The largest absolute Gasteiger partial charge is 0.492 e. The van der Waals surface area contributed by atoms with Crippen LogP contribution in [0.4, 0.5) is 0 Å². The molecule has 1 saturated carbocycles. The van der Waals surface area contributed by atoms with Gasteiger partial charge in [-0.1, -0.05) is 48.5 Å². The molecule has 0 spiro atoms. The van der Waals surface area contributed by atoms with Crippen LogP contribution in [0.5, 0.6) is 5.75 Å². The summed E-state index contributed by atoms with van der Waals surface area (Å²) in [5.74, 6) is 0.608. The summed E-state index contributed by atoms with van der Waals surface area (Å²) in [7, 11) is 0. The van der Waals surface area contributed by atoms with Gasteiger partial charge in [0.05, 0.1) is 11.6 Å². The first-order chi connectivity index (χ1) is 15.0. The van der Waals surface area contributed by atoms with E-state index in [1.165, 1.54) is 16.3 Å². The van der Waals surface area contributed by atoms with E-state index in [1.54, 1.807) is 0 Å². The first-order valence-electron chi connectivity index (χ1n) is 11.0. The lowest BCUT2D eigenvalue weighted by molar-refractivity contribution is 0.0930. The molecule has 1 unspecified atom stereocenters. The summed E-state index contributed by atoms with van der Waals surface area (Å²) in [5.41, 5.74) is 2.46. The average Bonchev–Trinajstić information content (AvgIpc) is 3.44. The minimum Gasteiger partial charge on any atom is -0.492 e. The fourth-order valence-electron chi connectivity index (χ4n) is 4.57. The number of hydrogen-bond acceptors (Lipinski definition) is 4. The third-order valence-corrected chi connectivity index (χ3v) is 6.51. The molecule has 1 amide bonds. The Morgan fingerprint density at radius 2 is 1.97 bits per heavy atom. The van der Waals surface area contributed by atoms with Gasteiger partial charge in [0.2, 0.25) is 0 Å². The van der Waals surface area contributed by atoms with Crippen LogP contribution in [0.3, 0.4) is 0 Å². The third kappa shape index (κ3) is 4.03. The van der Waals surface area contributed by atoms with Crippen molar-refractivity contribution in [3.8, 4) is 5.75 Å². The van der Waals surface area contributed by atoms with Crippen LogP contribution in [0.25, 0.3) is 10.8 Å². The van der Waals surface area contributed by atoms with Crippen molar-refractivity contribution in [2.45, 2.75) is 43.9 Å². The van der Waals surface area contributed by atoms with E-state index in [4.69, 9.17) is 4.74 Å². The first-order valence-corrected chi connectivity index (χ1v) is 11.0. The van der Waals surface area contributed by atoms with Crippen molar-refractivity contribution in [1.29, 1.82) is 0 Å². The molecule has 2 aliphatic rings. The normalized spacial score (nSPS) is 21.7. The summed E-state index contributed by atoms with van der Waals surface area (Å²) in [5, 5.41) is 18.6. The van der Waals surface area contributed by atoms with Gasteiger partial charge in [-0.2, -0.15) is 0 Å². The van der Waals surface area contributed by atoms with Gasteiger partial charge in [-0.25, -0.2) is 0 Å². The van der Waals surface area contributed by atoms with E-state index in [0.29, 0.717) is 30.9 Å². The minimum absolute atomic E-state index is 0.0669. The Hall–Kier alpha value is -2.89. The molecule has 160 valence electrons. The summed E-state index contributed by atoms with van der Waals surface area (Å²) in [6, 6.07) is 20.4. The molecule has 2 fully saturated rings. The predicted octanol–water partition coefficient (Wildman–Crippen LogP) is 3.67. The van der Waals surface area contributed by atoms with E-state index in [-0.39, 0.29) is 23.6 Å². The molecule has 1 heterocycles.